The monoisotopic (exact) mass is 325 g/mol. The Kier molecular flexibility index (Phi) is 5.08. The number of benzene rings is 1. The Hall–Kier alpha value is -2.43. The Bertz CT molecular complexity index is 700. The van der Waals surface area contributed by atoms with Gasteiger partial charge in [-0.15, -0.1) is 0 Å². The van der Waals surface area contributed by atoms with E-state index in [4.69, 9.17) is 0 Å². The zero-order chi connectivity index (χ0) is 16.9. The summed E-state index contributed by atoms with van der Waals surface area (Å²) in [6.07, 6.45) is 5.90. The van der Waals surface area contributed by atoms with Crippen LogP contribution < -0.4 is 0 Å². The molecule has 3 rings (SSSR count). The van der Waals surface area contributed by atoms with Crippen molar-refractivity contribution in [2.45, 2.75) is 32.7 Å². The van der Waals surface area contributed by atoms with Gasteiger partial charge in [-0.3, -0.25) is 9.59 Å². The smallest absolute Gasteiger partial charge is 0.219 e. The number of amides is 1. The summed E-state index contributed by atoms with van der Waals surface area (Å²) in [4.78, 5) is 30.3. The molecule has 0 aliphatic carbocycles. The third kappa shape index (κ3) is 3.72. The standard InChI is InChI=1S/C19H23N3O2/c1-15(23)21-12-8-17(9-13-21)18(24)19-20-10-14-22(19)11-7-16-5-3-2-4-6-16/h2-6,10,14,17H,7-9,11-13H2,1H3. The van der Waals surface area contributed by atoms with Gasteiger partial charge in [-0.1, -0.05) is 30.3 Å². The number of hydrogen-bond donors (Lipinski definition) is 0. The molecule has 1 amide bonds. The predicted octanol–water partition coefficient (Wildman–Crippen LogP) is 2.57. The lowest BCUT2D eigenvalue weighted by molar-refractivity contribution is -0.130. The Labute approximate surface area is 142 Å². The maximum atomic E-state index is 12.8. The average molecular weight is 325 g/mol. The van der Waals surface area contributed by atoms with Gasteiger partial charge >= 0.3 is 0 Å². The third-order valence-corrected chi connectivity index (χ3v) is 4.73. The first-order valence-electron chi connectivity index (χ1n) is 8.50. The number of ketones is 1. The van der Waals surface area contributed by atoms with Gasteiger partial charge < -0.3 is 9.47 Å². The molecule has 1 aliphatic heterocycles. The van der Waals surface area contributed by atoms with Crippen molar-refractivity contribution >= 4 is 11.7 Å². The van der Waals surface area contributed by atoms with Crippen molar-refractivity contribution in [1.82, 2.24) is 14.5 Å². The summed E-state index contributed by atoms with van der Waals surface area (Å²) in [5.41, 5.74) is 1.25. The summed E-state index contributed by atoms with van der Waals surface area (Å²) in [5.74, 6) is 0.715. The van der Waals surface area contributed by atoms with E-state index in [2.05, 4.69) is 17.1 Å². The van der Waals surface area contributed by atoms with Crippen molar-refractivity contribution in [3.05, 3.63) is 54.1 Å². The molecule has 2 aromatic rings. The first-order chi connectivity index (χ1) is 11.6. The van der Waals surface area contributed by atoms with E-state index in [1.807, 2.05) is 33.9 Å². The first-order valence-corrected chi connectivity index (χ1v) is 8.50. The van der Waals surface area contributed by atoms with E-state index in [9.17, 15) is 9.59 Å². The zero-order valence-corrected chi connectivity index (χ0v) is 14.0. The molecule has 1 saturated heterocycles. The van der Waals surface area contributed by atoms with Gasteiger partial charge in [-0.2, -0.15) is 0 Å². The van der Waals surface area contributed by atoms with Crippen LogP contribution in [-0.2, 0) is 17.8 Å². The van der Waals surface area contributed by atoms with Crippen molar-refractivity contribution in [3.63, 3.8) is 0 Å². The quantitative estimate of drug-likeness (QED) is 0.794. The van der Waals surface area contributed by atoms with Crippen LogP contribution in [0.25, 0.3) is 0 Å². The number of carbonyl (C=O) groups excluding carboxylic acids is 2. The number of imidazole rings is 1. The van der Waals surface area contributed by atoms with Crippen molar-refractivity contribution in [2.75, 3.05) is 13.1 Å². The minimum Gasteiger partial charge on any atom is -0.343 e. The highest BCUT2D eigenvalue weighted by molar-refractivity contribution is 5.95. The van der Waals surface area contributed by atoms with E-state index in [-0.39, 0.29) is 17.6 Å². The number of carbonyl (C=O) groups is 2. The maximum absolute atomic E-state index is 12.8. The lowest BCUT2D eigenvalue weighted by Gasteiger charge is -2.30. The molecule has 0 radical (unpaired) electrons. The normalized spacial score (nSPS) is 15.5. The third-order valence-electron chi connectivity index (χ3n) is 4.73. The molecule has 1 aromatic heterocycles. The summed E-state index contributed by atoms with van der Waals surface area (Å²) in [6.45, 7) is 3.66. The molecule has 1 fully saturated rings. The second-order valence-electron chi connectivity index (χ2n) is 6.32. The molecule has 0 N–H and O–H groups in total. The molecule has 24 heavy (non-hydrogen) atoms. The predicted molar refractivity (Wildman–Crippen MR) is 91.7 cm³/mol. The van der Waals surface area contributed by atoms with E-state index in [1.54, 1.807) is 13.1 Å². The van der Waals surface area contributed by atoms with E-state index < -0.39 is 0 Å². The van der Waals surface area contributed by atoms with Crippen LogP contribution in [0, 0.1) is 5.92 Å². The van der Waals surface area contributed by atoms with Gasteiger partial charge in [0.15, 0.2) is 5.82 Å². The number of aryl methyl sites for hydroxylation is 2. The number of nitrogens with zero attached hydrogens (tertiary/aromatic N) is 3. The van der Waals surface area contributed by atoms with Gasteiger partial charge in [0.2, 0.25) is 11.7 Å². The second-order valence-corrected chi connectivity index (χ2v) is 6.32. The highest BCUT2D eigenvalue weighted by Crippen LogP contribution is 2.21. The molecule has 2 heterocycles. The summed E-state index contributed by atoms with van der Waals surface area (Å²) < 4.78 is 1.95. The molecule has 126 valence electrons. The Morgan fingerprint density at radius 1 is 1.17 bits per heavy atom. The van der Waals surface area contributed by atoms with Crippen LogP contribution in [0.5, 0.6) is 0 Å². The highest BCUT2D eigenvalue weighted by atomic mass is 16.2. The Morgan fingerprint density at radius 2 is 1.88 bits per heavy atom. The first kappa shape index (κ1) is 16.4. The zero-order valence-electron chi connectivity index (χ0n) is 14.0. The van der Waals surface area contributed by atoms with Crippen LogP contribution in [0.2, 0.25) is 0 Å². The van der Waals surface area contributed by atoms with Crippen molar-refractivity contribution < 1.29 is 9.59 Å². The van der Waals surface area contributed by atoms with Crippen LogP contribution in [0.4, 0.5) is 0 Å². The fourth-order valence-corrected chi connectivity index (χ4v) is 3.25. The molecule has 0 saturated carbocycles. The molecule has 1 aromatic carbocycles. The van der Waals surface area contributed by atoms with E-state index in [1.165, 1.54) is 5.56 Å². The van der Waals surface area contributed by atoms with Gasteiger partial charge in [-0.05, 0) is 24.8 Å². The maximum Gasteiger partial charge on any atom is 0.219 e. The molecule has 0 atom stereocenters. The van der Waals surface area contributed by atoms with Gasteiger partial charge in [0.05, 0.1) is 0 Å². The van der Waals surface area contributed by atoms with Crippen LogP contribution in [-0.4, -0.2) is 39.2 Å². The van der Waals surface area contributed by atoms with Gasteiger partial charge in [0, 0.05) is 44.9 Å². The Morgan fingerprint density at radius 3 is 2.54 bits per heavy atom. The summed E-state index contributed by atoms with van der Waals surface area (Å²) in [5, 5.41) is 0. The summed E-state index contributed by atoms with van der Waals surface area (Å²) >= 11 is 0. The fraction of sp³-hybridized carbons (Fsp3) is 0.421. The molecule has 0 spiro atoms. The van der Waals surface area contributed by atoms with E-state index in [0.29, 0.717) is 18.9 Å². The van der Waals surface area contributed by atoms with Crippen LogP contribution in [0.1, 0.15) is 35.9 Å². The van der Waals surface area contributed by atoms with Gasteiger partial charge in [0.1, 0.15) is 0 Å². The van der Waals surface area contributed by atoms with Crippen molar-refractivity contribution in [2.24, 2.45) is 5.92 Å². The molecule has 5 heteroatoms. The number of Topliss-reactive ketones (excluding diaryl/α,β-unsaturated/α-hetero) is 1. The van der Waals surface area contributed by atoms with Gasteiger partial charge in [-0.25, -0.2) is 4.98 Å². The second kappa shape index (κ2) is 7.43. The minimum absolute atomic E-state index is 0.0292. The molecular weight excluding hydrogens is 302 g/mol. The molecule has 0 bridgehead atoms. The largest absolute Gasteiger partial charge is 0.343 e. The summed E-state index contributed by atoms with van der Waals surface area (Å²) in [6, 6.07) is 10.2. The van der Waals surface area contributed by atoms with E-state index in [0.717, 1.165) is 25.8 Å². The number of rotatable bonds is 5. The average Bonchev–Trinajstić information content (AvgIpc) is 3.09. The number of aromatic nitrogens is 2. The van der Waals surface area contributed by atoms with Crippen molar-refractivity contribution in [1.29, 1.82) is 0 Å². The minimum atomic E-state index is -0.0292. The summed E-state index contributed by atoms with van der Waals surface area (Å²) in [7, 11) is 0. The number of piperidine rings is 1. The highest BCUT2D eigenvalue weighted by Gasteiger charge is 2.28. The van der Waals surface area contributed by atoms with Crippen LogP contribution in [0.15, 0.2) is 42.7 Å². The number of hydrogen-bond acceptors (Lipinski definition) is 3. The van der Waals surface area contributed by atoms with E-state index >= 15 is 0 Å². The SMILES string of the molecule is CC(=O)N1CCC(C(=O)c2nccn2CCc2ccccc2)CC1. The lowest BCUT2D eigenvalue weighted by Crippen LogP contribution is -2.39. The topological polar surface area (TPSA) is 55.2 Å². The lowest BCUT2D eigenvalue weighted by atomic mass is 9.92. The molecule has 1 aliphatic rings. The molecule has 0 unspecified atom stereocenters. The molecular formula is C19H23N3O2. The van der Waals surface area contributed by atoms with Crippen LogP contribution >= 0.6 is 0 Å². The van der Waals surface area contributed by atoms with Crippen LogP contribution in [0.3, 0.4) is 0 Å². The van der Waals surface area contributed by atoms with Crippen molar-refractivity contribution in [3.8, 4) is 0 Å². The number of likely N-dealkylation sites (tertiary alicyclic amines) is 1. The Balaban J connectivity index is 1.62. The fourth-order valence-electron chi connectivity index (χ4n) is 3.25. The molecule has 5 nitrogen and oxygen atoms in total. The van der Waals surface area contributed by atoms with Gasteiger partial charge in [0.25, 0.3) is 0 Å².